The summed E-state index contributed by atoms with van der Waals surface area (Å²) in [6.07, 6.45) is 4.25. The number of amides is 1. The molecule has 3 atom stereocenters. The van der Waals surface area contributed by atoms with Crippen molar-refractivity contribution in [3.05, 3.63) is 0 Å². The average molecular weight is 254 g/mol. The van der Waals surface area contributed by atoms with Crippen LogP contribution in [0.15, 0.2) is 0 Å². The van der Waals surface area contributed by atoms with Gasteiger partial charge in [0.25, 0.3) is 5.91 Å². The SMILES string of the molecule is CCCN(CC1CCCN1)C(=O)C1OCCC1C. The van der Waals surface area contributed by atoms with Gasteiger partial charge in [-0.1, -0.05) is 13.8 Å². The van der Waals surface area contributed by atoms with Crippen molar-refractivity contribution in [1.82, 2.24) is 10.2 Å². The maximum atomic E-state index is 12.5. The van der Waals surface area contributed by atoms with E-state index in [1.165, 1.54) is 12.8 Å². The van der Waals surface area contributed by atoms with Gasteiger partial charge in [0.1, 0.15) is 6.10 Å². The summed E-state index contributed by atoms with van der Waals surface area (Å²) in [5.74, 6) is 0.573. The fraction of sp³-hybridized carbons (Fsp3) is 0.929. The lowest BCUT2D eigenvalue weighted by molar-refractivity contribution is -0.142. The first-order valence-electron chi connectivity index (χ1n) is 7.36. The van der Waals surface area contributed by atoms with Gasteiger partial charge in [0.2, 0.25) is 0 Å². The maximum absolute atomic E-state index is 12.5. The number of hydrogen-bond acceptors (Lipinski definition) is 3. The van der Waals surface area contributed by atoms with E-state index in [9.17, 15) is 4.79 Å². The molecule has 0 radical (unpaired) electrons. The third-order valence-corrected chi connectivity index (χ3v) is 4.04. The number of ether oxygens (including phenoxy) is 1. The normalized spacial score (nSPS) is 31.8. The largest absolute Gasteiger partial charge is 0.368 e. The number of carbonyl (C=O) groups excluding carboxylic acids is 1. The fourth-order valence-corrected chi connectivity index (χ4v) is 2.93. The highest BCUT2D eigenvalue weighted by molar-refractivity contribution is 5.81. The summed E-state index contributed by atoms with van der Waals surface area (Å²) < 4.78 is 5.61. The first kappa shape index (κ1) is 13.8. The minimum atomic E-state index is -0.196. The van der Waals surface area contributed by atoms with Gasteiger partial charge in [-0.25, -0.2) is 0 Å². The Balaban J connectivity index is 1.92. The molecule has 3 unspecified atom stereocenters. The predicted octanol–water partition coefficient (Wildman–Crippen LogP) is 1.40. The van der Waals surface area contributed by atoms with Crippen LogP contribution in [0.1, 0.15) is 39.5 Å². The Labute approximate surface area is 110 Å². The third-order valence-electron chi connectivity index (χ3n) is 4.04. The van der Waals surface area contributed by atoms with Crippen LogP contribution in [0.3, 0.4) is 0 Å². The highest BCUT2D eigenvalue weighted by Gasteiger charge is 2.34. The second kappa shape index (κ2) is 6.53. The van der Waals surface area contributed by atoms with Gasteiger partial charge < -0.3 is 15.0 Å². The molecule has 1 N–H and O–H groups in total. The molecule has 0 aromatic rings. The molecule has 0 spiro atoms. The molecule has 1 amide bonds. The quantitative estimate of drug-likeness (QED) is 0.806. The Bertz CT molecular complexity index is 277. The Morgan fingerprint density at radius 1 is 1.44 bits per heavy atom. The van der Waals surface area contributed by atoms with Crippen molar-refractivity contribution in [2.45, 2.75) is 51.7 Å². The van der Waals surface area contributed by atoms with E-state index < -0.39 is 0 Å². The molecule has 2 saturated heterocycles. The molecule has 0 aliphatic carbocycles. The molecule has 2 heterocycles. The summed E-state index contributed by atoms with van der Waals surface area (Å²) in [7, 11) is 0. The molecule has 2 fully saturated rings. The molecule has 2 rings (SSSR count). The van der Waals surface area contributed by atoms with Crippen molar-refractivity contribution in [3.8, 4) is 0 Å². The summed E-state index contributed by atoms with van der Waals surface area (Å²) in [4.78, 5) is 14.5. The Morgan fingerprint density at radius 3 is 2.83 bits per heavy atom. The van der Waals surface area contributed by atoms with Crippen LogP contribution in [0.5, 0.6) is 0 Å². The Hall–Kier alpha value is -0.610. The van der Waals surface area contributed by atoms with Crippen LogP contribution < -0.4 is 5.32 Å². The van der Waals surface area contributed by atoms with Gasteiger partial charge in [-0.3, -0.25) is 4.79 Å². The lowest BCUT2D eigenvalue weighted by Gasteiger charge is -2.29. The minimum Gasteiger partial charge on any atom is -0.368 e. The van der Waals surface area contributed by atoms with E-state index in [4.69, 9.17) is 4.74 Å². The predicted molar refractivity (Wildman–Crippen MR) is 71.4 cm³/mol. The summed E-state index contributed by atoms with van der Waals surface area (Å²) in [6, 6.07) is 0.484. The zero-order valence-electron chi connectivity index (χ0n) is 11.7. The molecule has 4 heteroatoms. The molecule has 0 saturated carbocycles. The van der Waals surface area contributed by atoms with Crippen LogP contribution in [0.2, 0.25) is 0 Å². The maximum Gasteiger partial charge on any atom is 0.252 e. The number of nitrogens with one attached hydrogen (secondary N) is 1. The fourth-order valence-electron chi connectivity index (χ4n) is 2.93. The highest BCUT2D eigenvalue weighted by atomic mass is 16.5. The van der Waals surface area contributed by atoms with E-state index >= 15 is 0 Å². The lowest BCUT2D eigenvalue weighted by Crippen LogP contribution is -2.46. The van der Waals surface area contributed by atoms with Crippen molar-refractivity contribution in [2.75, 3.05) is 26.2 Å². The summed E-state index contributed by atoms with van der Waals surface area (Å²) in [5, 5.41) is 3.47. The zero-order chi connectivity index (χ0) is 13.0. The highest BCUT2D eigenvalue weighted by Crippen LogP contribution is 2.22. The zero-order valence-corrected chi connectivity index (χ0v) is 11.7. The number of hydrogen-bond donors (Lipinski definition) is 1. The van der Waals surface area contributed by atoms with Gasteiger partial charge >= 0.3 is 0 Å². The lowest BCUT2D eigenvalue weighted by atomic mass is 10.0. The summed E-state index contributed by atoms with van der Waals surface area (Å²) in [6.45, 7) is 7.77. The Kier molecular flexibility index (Phi) is 5.01. The Morgan fingerprint density at radius 2 is 2.28 bits per heavy atom. The first-order valence-corrected chi connectivity index (χ1v) is 7.36. The molecule has 2 aliphatic heterocycles. The van der Waals surface area contributed by atoms with Crippen LogP contribution in [0.25, 0.3) is 0 Å². The molecule has 18 heavy (non-hydrogen) atoms. The van der Waals surface area contributed by atoms with Crippen LogP contribution in [-0.4, -0.2) is 49.2 Å². The van der Waals surface area contributed by atoms with Crippen molar-refractivity contribution in [1.29, 1.82) is 0 Å². The van der Waals surface area contributed by atoms with Gasteiger partial charge in [0, 0.05) is 25.7 Å². The topological polar surface area (TPSA) is 41.6 Å². The minimum absolute atomic E-state index is 0.196. The van der Waals surface area contributed by atoms with E-state index in [1.54, 1.807) is 0 Å². The summed E-state index contributed by atoms with van der Waals surface area (Å²) >= 11 is 0. The number of carbonyl (C=O) groups is 1. The first-order chi connectivity index (χ1) is 8.72. The van der Waals surface area contributed by atoms with Gasteiger partial charge in [-0.15, -0.1) is 0 Å². The van der Waals surface area contributed by atoms with Crippen molar-refractivity contribution in [3.63, 3.8) is 0 Å². The molecular formula is C14H26N2O2. The third kappa shape index (κ3) is 3.23. The number of nitrogens with zero attached hydrogens (tertiary/aromatic N) is 1. The monoisotopic (exact) mass is 254 g/mol. The van der Waals surface area contributed by atoms with E-state index in [2.05, 4.69) is 19.2 Å². The van der Waals surface area contributed by atoms with Crippen molar-refractivity contribution < 1.29 is 9.53 Å². The molecule has 2 aliphatic rings. The molecule has 0 bridgehead atoms. The molecular weight excluding hydrogens is 228 g/mol. The van der Waals surface area contributed by atoms with Crippen LogP contribution >= 0.6 is 0 Å². The van der Waals surface area contributed by atoms with Crippen molar-refractivity contribution >= 4 is 5.91 Å². The molecule has 0 aromatic heterocycles. The van der Waals surface area contributed by atoms with E-state index in [0.29, 0.717) is 12.0 Å². The van der Waals surface area contributed by atoms with Gasteiger partial charge in [0.05, 0.1) is 0 Å². The molecule has 4 nitrogen and oxygen atoms in total. The van der Waals surface area contributed by atoms with Crippen molar-refractivity contribution in [2.24, 2.45) is 5.92 Å². The average Bonchev–Trinajstić information content (AvgIpc) is 2.99. The van der Waals surface area contributed by atoms with Crippen LogP contribution in [-0.2, 0) is 9.53 Å². The van der Waals surface area contributed by atoms with E-state index in [0.717, 1.165) is 39.1 Å². The smallest absolute Gasteiger partial charge is 0.252 e. The second-order valence-corrected chi connectivity index (χ2v) is 5.63. The van der Waals surface area contributed by atoms with E-state index in [-0.39, 0.29) is 12.0 Å². The molecule has 104 valence electrons. The van der Waals surface area contributed by atoms with Gasteiger partial charge in [0.15, 0.2) is 0 Å². The number of rotatable bonds is 5. The standard InChI is InChI=1S/C14H26N2O2/c1-3-8-16(10-12-5-4-7-15-12)14(17)13-11(2)6-9-18-13/h11-13,15H,3-10H2,1-2H3. The summed E-state index contributed by atoms with van der Waals surface area (Å²) in [5.41, 5.74) is 0. The molecule has 0 aromatic carbocycles. The van der Waals surface area contributed by atoms with Crippen LogP contribution in [0, 0.1) is 5.92 Å². The van der Waals surface area contributed by atoms with Gasteiger partial charge in [-0.05, 0) is 38.1 Å². The van der Waals surface area contributed by atoms with Gasteiger partial charge in [-0.2, -0.15) is 0 Å². The second-order valence-electron chi connectivity index (χ2n) is 5.63. The van der Waals surface area contributed by atoms with E-state index in [1.807, 2.05) is 4.90 Å². The van der Waals surface area contributed by atoms with Crippen LogP contribution in [0.4, 0.5) is 0 Å².